The van der Waals surface area contributed by atoms with Gasteiger partial charge >= 0.3 is 0 Å². The Balaban J connectivity index is 1.32. The van der Waals surface area contributed by atoms with Crippen LogP contribution in [0.1, 0.15) is 11.1 Å². The number of hydrogen-bond acceptors (Lipinski definition) is 8. The number of carbonyl (C=O) groups excluding carboxylic acids is 1. The molecule has 1 aromatic carbocycles. The largest absolute Gasteiger partial charge is 0.471 e. The molecular formula is C20H22N8O2. The molecule has 0 aliphatic carbocycles. The molecule has 4 rings (SSSR count). The molecule has 0 fully saturated rings. The van der Waals surface area contributed by atoms with Crippen LogP contribution in [0.25, 0.3) is 11.2 Å². The van der Waals surface area contributed by atoms with E-state index in [2.05, 4.69) is 30.6 Å². The molecule has 10 nitrogen and oxygen atoms in total. The van der Waals surface area contributed by atoms with E-state index in [0.29, 0.717) is 48.9 Å². The minimum Gasteiger partial charge on any atom is -0.471 e. The van der Waals surface area contributed by atoms with Crippen molar-refractivity contribution in [1.82, 2.24) is 30.6 Å². The fraction of sp³-hybridized carbons (Fsp3) is 0.200. The topological polar surface area (TPSA) is 157 Å². The molecule has 1 aliphatic heterocycles. The van der Waals surface area contributed by atoms with Crippen molar-refractivity contribution < 1.29 is 9.53 Å². The summed E-state index contributed by atoms with van der Waals surface area (Å²) in [6, 6.07) is 7.76. The second kappa shape index (κ2) is 8.62. The lowest BCUT2D eigenvalue weighted by atomic mass is 10.1. The molecule has 3 heterocycles. The Kier molecular flexibility index (Phi) is 5.57. The van der Waals surface area contributed by atoms with Gasteiger partial charge in [-0.2, -0.15) is 9.97 Å². The van der Waals surface area contributed by atoms with Crippen LogP contribution in [0.4, 0.5) is 5.95 Å². The average molecular weight is 406 g/mol. The van der Waals surface area contributed by atoms with Crippen molar-refractivity contribution in [2.24, 2.45) is 5.73 Å². The number of rotatable bonds is 7. The van der Waals surface area contributed by atoms with E-state index in [1.165, 1.54) is 6.33 Å². The molecular weight excluding hydrogens is 384 g/mol. The van der Waals surface area contributed by atoms with Crippen molar-refractivity contribution in [1.29, 1.82) is 0 Å². The number of ether oxygens (including phenoxy) is 1. The first kappa shape index (κ1) is 19.4. The van der Waals surface area contributed by atoms with Gasteiger partial charge in [-0.05, 0) is 23.3 Å². The highest BCUT2D eigenvalue weighted by atomic mass is 16.5. The fourth-order valence-corrected chi connectivity index (χ4v) is 2.95. The molecule has 2 aromatic heterocycles. The van der Waals surface area contributed by atoms with Crippen molar-refractivity contribution in [3.8, 4) is 5.88 Å². The number of anilines is 1. The molecule has 154 valence electrons. The molecule has 0 unspecified atom stereocenters. The summed E-state index contributed by atoms with van der Waals surface area (Å²) in [6.07, 6.45) is 5.14. The van der Waals surface area contributed by atoms with Gasteiger partial charge in [0.05, 0.1) is 6.33 Å². The van der Waals surface area contributed by atoms with Gasteiger partial charge in [0.15, 0.2) is 5.65 Å². The van der Waals surface area contributed by atoms with Crippen LogP contribution in [-0.2, 0) is 17.9 Å². The summed E-state index contributed by atoms with van der Waals surface area (Å²) in [6.45, 7) is 1.65. The molecule has 0 atom stereocenters. The zero-order valence-electron chi connectivity index (χ0n) is 16.2. The van der Waals surface area contributed by atoms with Gasteiger partial charge < -0.3 is 31.8 Å². The third-order valence-electron chi connectivity index (χ3n) is 4.62. The van der Waals surface area contributed by atoms with Crippen molar-refractivity contribution in [3.63, 3.8) is 0 Å². The molecule has 1 aliphatic rings. The van der Waals surface area contributed by atoms with E-state index in [9.17, 15) is 4.79 Å². The first-order valence-electron chi connectivity index (χ1n) is 9.41. The number of aromatic amines is 1. The van der Waals surface area contributed by atoms with Crippen molar-refractivity contribution in [2.75, 3.05) is 18.8 Å². The maximum absolute atomic E-state index is 12.3. The van der Waals surface area contributed by atoms with E-state index >= 15 is 0 Å². The highest BCUT2D eigenvalue weighted by Crippen LogP contribution is 2.20. The van der Waals surface area contributed by atoms with E-state index in [0.717, 1.165) is 16.8 Å². The number of amides is 1. The van der Waals surface area contributed by atoms with E-state index in [-0.39, 0.29) is 11.9 Å². The minimum absolute atomic E-state index is 0.104. The van der Waals surface area contributed by atoms with Crippen molar-refractivity contribution >= 4 is 23.0 Å². The molecule has 0 bridgehead atoms. The number of allylic oxidation sites excluding steroid dienone is 2. The second-order valence-corrected chi connectivity index (χ2v) is 6.72. The Morgan fingerprint density at radius 1 is 1.17 bits per heavy atom. The molecule has 0 spiro atoms. The van der Waals surface area contributed by atoms with Crippen molar-refractivity contribution in [2.45, 2.75) is 13.2 Å². The van der Waals surface area contributed by atoms with Gasteiger partial charge in [0, 0.05) is 30.9 Å². The number of nitrogen functional groups attached to an aromatic ring is 1. The van der Waals surface area contributed by atoms with E-state index in [1.807, 2.05) is 30.3 Å². The smallest absolute Gasteiger partial charge is 0.249 e. The summed E-state index contributed by atoms with van der Waals surface area (Å²) in [7, 11) is 0. The molecule has 0 saturated carbocycles. The molecule has 10 heteroatoms. The lowest BCUT2D eigenvalue weighted by Crippen LogP contribution is -2.33. The van der Waals surface area contributed by atoms with Crippen LogP contribution in [0, 0.1) is 0 Å². The van der Waals surface area contributed by atoms with Gasteiger partial charge in [-0.25, -0.2) is 4.98 Å². The summed E-state index contributed by atoms with van der Waals surface area (Å²) >= 11 is 0. The number of imidazole rings is 1. The summed E-state index contributed by atoms with van der Waals surface area (Å²) in [5.74, 6) is 0.355. The molecule has 0 saturated heterocycles. The number of aromatic nitrogens is 4. The van der Waals surface area contributed by atoms with Gasteiger partial charge in [-0.15, -0.1) is 0 Å². The number of dihydropyridines is 1. The lowest BCUT2D eigenvalue weighted by Gasteiger charge is -2.16. The first-order chi connectivity index (χ1) is 14.6. The molecule has 1 amide bonds. The lowest BCUT2D eigenvalue weighted by molar-refractivity contribution is -0.117. The third kappa shape index (κ3) is 4.39. The Labute approximate surface area is 172 Å². The summed E-state index contributed by atoms with van der Waals surface area (Å²) in [5, 5.41) is 6.04. The number of nitrogens with two attached hydrogens (primary N) is 2. The number of fused-ring (bicyclic) bond motifs is 1. The quantitative estimate of drug-likeness (QED) is 0.380. The molecule has 7 N–H and O–H groups in total. The summed E-state index contributed by atoms with van der Waals surface area (Å²) in [5.41, 5.74) is 15.8. The van der Waals surface area contributed by atoms with Gasteiger partial charge in [-0.3, -0.25) is 4.79 Å². The van der Waals surface area contributed by atoms with Gasteiger partial charge in [0.1, 0.15) is 12.1 Å². The van der Waals surface area contributed by atoms with E-state index in [1.54, 1.807) is 6.08 Å². The van der Waals surface area contributed by atoms with Crippen LogP contribution in [0.2, 0.25) is 0 Å². The van der Waals surface area contributed by atoms with E-state index in [4.69, 9.17) is 16.2 Å². The minimum atomic E-state index is -0.104. The number of hydrogen-bond donors (Lipinski definition) is 5. The predicted octanol–water partition coefficient (Wildman–Crippen LogP) is 0.503. The van der Waals surface area contributed by atoms with Crippen LogP contribution < -0.4 is 26.8 Å². The predicted molar refractivity (Wildman–Crippen MR) is 112 cm³/mol. The number of nitrogens with one attached hydrogen (secondary N) is 3. The monoisotopic (exact) mass is 406 g/mol. The zero-order chi connectivity index (χ0) is 20.9. The van der Waals surface area contributed by atoms with Crippen molar-refractivity contribution in [3.05, 3.63) is 65.1 Å². The normalized spacial score (nSPS) is 13.4. The second-order valence-electron chi connectivity index (χ2n) is 6.72. The first-order valence-corrected chi connectivity index (χ1v) is 9.41. The number of carbonyl (C=O) groups is 1. The van der Waals surface area contributed by atoms with Crippen LogP contribution in [0.5, 0.6) is 5.88 Å². The third-order valence-corrected chi connectivity index (χ3v) is 4.62. The molecule has 0 radical (unpaired) electrons. The Bertz CT molecular complexity index is 1120. The van der Waals surface area contributed by atoms with Crippen LogP contribution in [-0.4, -0.2) is 38.9 Å². The van der Waals surface area contributed by atoms with Gasteiger partial charge in [-0.1, -0.05) is 24.3 Å². The van der Waals surface area contributed by atoms with Crippen LogP contribution >= 0.6 is 0 Å². The Hall–Kier alpha value is -3.92. The Morgan fingerprint density at radius 2 is 1.97 bits per heavy atom. The number of nitrogens with zero attached hydrogens (tertiary/aromatic N) is 3. The average Bonchev–Trinajstić information content (AvgIpc) is 3.25. The van der Waals surface area contributed by atoms with Gasteiger partial charge in [0.2, 0.25) is 17.7 Å². The maximum Gasteiger partial charge on any atom is 0.249 e. The maximum atomic E-state index is 12.3. The standard InChI is InChI=1S/C20H22N8O2/c21-7-15-6-5-14(9-23-15)18(29)24-8-12-1-3-13(4-2-12)10-30-19-16-17(26-11-25-16)27-20(22)28-19/h1-6,11,23H,7-10,21H2,(H,24,29)(H3,22,25,26,27,28). The zero-order valence-corrected chi connectivity index (χ0v) is 16.2. The Morgan fingerprint density at radius 3 is 2.70 bits per heavy atom. The fourth-order valence-electron chi connectivity index (χ4n) is 2.95. The molecule has 3 aromatic rings. The summed E-state index contributed by atoms with van der Waals surface area (Å²) in [4.78, 5) is 27.4. The van der Waals surface area contributed by atoms with Crippen LogP contribution in [0.3, 0.4) is 0 Å². The number of benzene rings is 1. The van der Waals surface area contributed by atoms with Gasteiger partial charge in [0.25, 0.3) is 0 Å². The highest BCUT2D eigenvalue weighted by Gasteiger charge is 2.12. The van der Waals surface area contributed by atoms with Crippen LogP contribution in [0.15, 0.2) is 54.0 Å². The summed E-state index contributed by atoms with van der Waals surface area (Å²) < 4.78 is 5.78. The molecule has 30 heavy (non-hydrogen) atoms. The highest BCUT2D eigenvalue weighted by molar-refractivity contribution is 5.94. The SMILES string of the molecule is NCC1=CC=C(C(=O)NCc2ccc(COc3nc(N)nc4nc[nH]c34)cc2)CN1. The van der Waals surface area contributed by atoms with E-state index < -0.39 is 0 Å². The number of H-pyrrole nitrogens is 1.